The summed E-state index contributed by atoms with van der Waals surface area (Å²) in [6.45, 7) is 0.645. The highest BCUT2D eigenvalue weighted by molar-refractivity contribution is 9.11. The van der Waals surface area contributed by atoms with Crippen LogP contribution in [-0.2, 0) is 6.42 Å². The third-order valence-electron chi connectivity index (χ3n) is 2.11. The second-order valence-corrected chi connectivity index (χ2v) is 6.00. The summed E-state index contributed by atoms with van der Waals surface area (Å²) in [5.41, 5.74) is 7.62. The van der Waals surface area contributed by atoms with Gasteiger partial charge in [-0.3, -0.25) is 0 Å². The molecule has 0 aliphatic carbocycles. The molecule has 1 aromatic heterocycles. The summed E-state index contributed by atoms with van der Waals surface area (Å²) in [7, 11) is 0. The molecule has 0 aliphatic heterocycles. The fourth-order valence-electron chi connectivity index (χ4n) is 1.37. The fraction of sp³-hybridized carbons (Fsp3) is 0.182. The van der Waals surface area contributed by atoms with Crippen LogP contribution in [0.2, 0.25) is 0 Å². The molecule has 84 valence electrons. The minimum atomic E-state index is 0.645. The van der Waals surface area contributed by atoms with Gasteiger partial charge in [-0.25, -0.2) is 4.98 Å². The summed E-state index contributed by atoms with van der Waals surface area (Å²) in [5.74, 6) is 0. The van der Waals surface area contributed by atoms with E-state index in [0.29, 0.717) is 6.54 Å². The van der Waals surface area contributed by atoms with Crippen molar-refractivity contribution in [1.29, 1.82) is 0 Å². The van der Waals surface area contributed by atoms with E-state index >= 15 is 0 Å². The predicted molar refractivity (Wildman–Crippen MR) is 75.7 cm³/mol. The number of nitrogens with zero attached hydrogens (tertiary/aromatic N) is 1. The molecule has 0 bridgehead atoms. The van der Waals surface area contributed by atoms with Gasteiger partial charge in [0.05, 0.1) is 10.7 Å². The van der Waals surface area contributed by atoms with E-state index in [2.05, 4.69) is 48.3 Å². The fourth-order valence-corrected chi connectivity index (χ4v) is 2.99. The van der Waals surface area contributed by atoms with E-state index in [0.717, 1.165) is 31.6 Å². The zero-order valence-electron chi connectivity index (χ0n) is 8.41. The Hall–Kier alpha value is -0.230. The zero-order valence-corrected chi connectivity index (χ0v) is 12.4. The highest BCUT2D eigenvalue weighted by atomic mass is 79.9. The lowest BCUT2D eigenvalue weighted by Crippen LogP contribution is -2.01. The van der Waals surface area contributed by atoms with Gasteiger partial charge in [0.15, 0.2) is 0 Å². The molecule has 2 rings (SSSR count). The van der Waals surface area contributed by atoms with E-state index in [1.54, 1.807) is 11.3 Å². The summed E-state index contributed by atoms with van der Waals surface area (Å²) < 4.78 is 2.11. The molecule has 1 heterocycles. The monoisotopic (exact) mass is 360 g/mol. The van der Waals surface area contributed by atoms with E-state index in [4.69, 9.17) is 5.73 Å². The lowest BCUT2D eigenvalue weighted by Gasteiger charge is -2.01. The van der Waals surface area contributed by atoms with E-state index in [9.17, 15) is 0 Å². The van der Waals surface area contributed by atoms with Crippen molar-refractivity contribution < 1.29 is 0 Å². The first-order chi connectivity index (χ1) is 7.70. The standard InChI is InChI=1S/C11H10Br2N2S/c12-7-1-2-9(13)8(5-7)10-6-16-11(15-10)3-4-14/h1-2,5-6H,3-4,14H2. The molecule has 0 atom stereocenters. The molecule has 0 amide bonds. The van der Waals surface area contributed by atoms with Gasteiger partial charge in [0.1, 0.15) is 0 Å². The molecule has 1 aromatic carbocycles. The van der Waals surface area contributed by atoms with E-state index in [1.165, 1.54) is 0 Å². The van der Waals surface area contributed by atoms with Crippen LogP contribution >= 0.6 is 43.2 Å². The van der Waals surface area contributed by atoms with Crippen molar-refractivity contribution in [1.82, 2.24) is 4.98 Å². The largest absolute Gasteiger partial charge is 0.330 e. The summed E-state index contributed by atoms with van der Waals surface area (Å²) >= 11 is 8.66. The van der Waals surface area contributed by atoms with Gasteiger partial charge in [-0.05, 0) is 24.7 Å². The number of nitrogens with two attached hydrogens (primary N) is 1. The van der Waals surface area contributed by atoms with Crippen molar-refractivity contribution in [2.45, 2.75) is 6.42 Å². The topological polar surface area (TPSA) is 38.9 Å². The van der Waals surface area contributed by atoms with Crippen molar-refractivity contribution in [3.63, 3.8) is 0 Å². The Labute approximate surface area is 115 Å². The van der Waals surface area contributed by atoms with Gasteiger partial charge in [0.2, 0.25) is 0 Å². The minimum Gasteiger partial charge on any atom is -0.330 e. The highest BCUT2D eigenvalue weighted by Crippen LogP contribution is 2.31. The smallest absolute Gasteiger partial charge is 0.0945 e. The van der Waals surface area contributed by atoms with Gasteiger partial charge < -0.3 is 5.73 Å². The van der Waals surface area contributed by atoms with Crippen LogP contribution in [0.1, 0.15) is 5.01 Å². The quantitative estimate of drug-likeness (QED) is 0.902. The summed E-state index contributed by atoms with van der Waals surface area (Å²) in [6.07, 6.45) is 0.844. The molecular formula is C11H10Br2N2S. The maximum atomic E-state index is 5.51. The molecule has 0 fully saturated rings. The average molecular weight is 362 g/mol. The van der Waals surface area contributed by atoms with E-state index in [1.807, 2.05) is 12.1 Å². The van der Waals surface area contributed by atoms with Gasteiger partial charge in [0, 0.05) is 26.3 Å². The average Bonchev–Trinajstić information content (AvgIpc) is 2.71. The Kier molecular flexibility index (Phi) is 4.13. The number of hydrogen-bond donors (Lipinski definition) is 1. The number of benzene rings is 1. The Morgan fingerprint density at radius 3 is 2.88 bits per heavy atom. The van der Waals surface area contributed by atoms with Crippen molar-refractivity contribution in [3.8, 4) is 11.3 Å². The number of halogens is 2. The number of hydrogen-bond acceptors (Lipinski definition) is 3. The molecular weight excluding hydrogens is 352 g/mol. The van der Waals surface area contributed by atoms with Crippen LogP contribution in [0.4, 0.5) is 0 Å². The molecule has 0 spiro atoms. The van der Waals surface area contributed by atoms with Crippen molar-refractivity contribution in [2.24, 2.45) is 5.73 Å². The second-order valence-electron chi connectivity index (χ2n) is 3.29. The molecule has 16 heavy (non-hydrogen) atoms. The Balaban J connectivity index is 2.38. The number of thiazole rings is 1. The van der Waals surface area contributed by atoms with Crippen LogP contribution < -0.4 is 5.73 Å². The van der Waals surface area contributed by atoms with Crippen LogP contribution in [-0.4, -0.2) is 11.5 Å². The third-order valence-corrected chi connectivity index (χ3v) is 4.21. The van der Waals surface area contributed by atoms with Crippen molar-refractivity contribution >= 4 is 43.2 Å². The molecule has 0 saturated carbocycles. The van der Waals surface area contributed by atoms with E-state index in [-0.39, 0.29) is 0 Å². The predicted octanol–water partition coefficient (Wildman–Crippen LogP) is 3.84. The van der Waals surface area contributed by atoms with Gasteiger partial charge in [-0.1, -0.05) is 31.9 Å². The van der Waals surface area contributed by atoms with Crippen LogP contribution in [0.25, 0.3) is 11.3 Å². The molecule has 0 aliphatic rings. The lowest BCUT2D eigenvalue weighted by atomic mass is 10.2. The lowest BCUT2D eigenvalue weighted by molar-refractivity contribution is 0.954. The van der Waals surface area contributed by atoms with E-state index < -0.39 is 0 Å². The zero-order chi connectivity index (χ0) is 11.5. The van der Waals surface area contributed by atoms with Crippen LogP contribution in [0, 0.1) is 0 Å². The van der Waals surface area contributed by atoms with Crippen molar-refractivity contribution in [2.75, 3.05) is 6.54 Å². The second kappa shape index (κ2) is 5.40. The van der Waals surface area contributed by atoms with Gasteiger partial charge in [0.25, 0.3) is 0 Å². The summed E-state index contributed by atoms with van der Waals surface area (Å²) in [6, 6.07) is 6.08. The first kappa shape index (κ1) is 12.2. The minimum absolute atomic E-state index is 0.645. The molecule has 0 radical (unpaired) electrons. The number of rotatable bonds is 3. The van der Waals surface area contributed by atoms with Crippen LogP contribution in [0.15, 0.2) is 32.5 Å². The maximum Gasteiger partial charge on any atom is 0.0945 e. The van der Waals surface area contributed by atoms with Crippen molar-refractivity contribution in [3.05, 3.63) is 37.5 Å². The molecule has 2 aromatic rings. The number of aromatic nitrogens is 1. The molecule has 2 nitrogen and oxygen atoms in total. The van der Waals surface area contributed by atoms with Gasteiger partial charge in [-0.2, -0.15) is 0 Å². The summed E-state index contributed by atoms with van der Waals surface area (Å²) in [5, 5.41) is 3.15. The van der Waals surface area contributed by atoms with Crippen LogP contribution in [0.3, 0.4) is 0 Å². The highest BCUT2D eigenvalue weighted by Gasteiger charge is 2.08. The van der Waals surface area contributed by atoms with Crippen LogP contribution in [0.5, 0.6) is 0 Å². The molecule has 5 heteroatoms. The Bertz CT molecular complexity index is 496. The SMILES string of the molecule is NCCc1nc(-c2cc(Br)ccc2Br)cs1. The summed E-state index contributed by atoms with van der Waals surface area (Å²) in [4.78, 5) is 4.56. The molecule has 0 saturated heterocycles. The Morgan fingerprint density at radius 1 is 1.31 bits per heavy atom. The van der Waals surface area contributed by atoms with Gasteiger partial charge in [-0.15, -0.1) is 11.3 Å². The first-order valence-corrected chi connectivity index (χ1v) is 7.27. The molecule has 0 unspecified atom stereocenters. The van der Waals surface area contributed by atoms with Gasteiger partial charge >= 0.3 is 0 Å². The Morgan fingerprint density at radius 2 is 2.12 bits per heavy atom. The first-order valence-electron chi connectivity index (χ1n) is 4.80. The normalized spacial score (nSPS) is 10.7. The molecule has 2 N–H and O–H groups in total. The maximum absolute atomic E-state index is 5.51. The third kappa shape index (κ3) is 2.71.